The zero-order valence-electron chi connectivity index (χ0n) is 16.7. The quantitative estimate of drug-likeness (QED) is 0.323. The second kappa shape index (κ2) is 9.14. The lowest BCUT2D eigenvalue weighted by Gasteiger charge is -2.06. The number of ether oxygens (including phenoxy) is 1. The van der Waals surface area contributed by atoms with Gasteiger partial charge in [-0.3, -0.25) is 10.1 Å². The van der Waals surface area contributed by atoms with Crippen LogP contribution in [0.5, 0.6) is 5.75 Å². The van der Waals surface area contributed by atoms with Crippen LogP contribution in [0.1, 0.15) is 26.8 Å². The second-order valence-electron chi connectivity index (χ2n) is 6.87. The lowest BCUT2D eigenvalue weighted by Crippen LogP contribution is -2.10. The van der Waals surface area contributed by atoms with Crippen molar-refractivity contribution in [2.24, 2.45) is 0 Å². The Kier molecular flexibility index (Phi) is 6.32. The van der Waals surface area contributed by atoms with Gasteiger partial charge in [0.1, 0.15) is 18.1 Å². The lowest BCUT2D eigenvalue weighted by molar-refractivity contribution is 0.0992. The van der Waals surface area contributed by atoms with Gasteiger partial charge in [-0.2, -0.15) is 0 Å². The highest BCUT2D eigenvalue weighted by molar-refractivity contribution is 7.16. The first kappa shape index (κ1) is 21.4. The highest BCUT2D eigenvalue weighted by Gasteiger charge is 2.16. The molecule has 1 N–H and O–H groups in total. The molecule has 0 radical (unpaired) electrons. The van der Waals surface area contributed by atoms with E-state index in [0.29, 0.717) is 26.7 Å². The Labute approximate surface area is 193 Å². The monoisotopic (exact) mass is 472 g/mol. The van der Waals surface area contributed by atoms with E-state index in [-0.39, 0.29) is 18.3 Å². The Morgan fingerprint density at radius 3 is 2.65 bits per heavy atom. The number of furan rings is 1. The summed E-state index contributed by atoms with van der Waals surface area (Å²) in [5.74, 6) is 0.715. The fourth-order valence-electron chi connectivity index (χ4n) is 2.90. The number of carbonyl (C=O) groups is 1. The summed E-state index contributed by atoms with van der Waals surface area (Å²) in [5, 5.41) is 4.27. The highest BCUT2D eigenvalue weighted by atomic mass is 35.5. The SMILES string of the molecule is Cc1ccc(-c2nc(NC(=O)c3ccc(COc4cc(Cl)ccc4Cl)o3)sc2C)cc1. The van der Waals surface area contributed by atoms with Gasteiger partial charge in [0.25, 0.3) is 5.91 Å². The first-order valence-electron chi connectivity index (χ1n) is 9.41. The second-order valence-corrected chi connectivity index (χ2v) is 8.92. The average Bonchev–Trinajstić information content (AvgIpc) is 3.36. The van der Waals surface area contributed by atoms with Gasteiger partial charge in [0.15, 0.2) is 10.9 Å². The third kappa shape index (κ3) is 5.10. The number of aromatic nitrogens is 1. The molecule has 0 fully saturated rings. The molecule has 0 saturated carbocycles. The third-order valence-corrected chi connectivity index (χ3v) is 5.92. The van der Waals surface area contributed by atoms with Gasteiger partial charge in [0.2, 0.25) is 0 Å². The van der Waals surface area contributed by atoms with Gasteiger partial charge in [-0.25, -0.2) is 4.98 Å². The van der Waals surface area contributed by atoms with E-state index in [1.165, 1.54) is 16.9 Å². The number of nitrogens with one attached hydrogen (secondary N) is 1. The minimum Gasteiger partial charge on any atom is -0.484 e. The van der Waals surface area contributed by atoms with Crippen LogP contribution >= 0.6 is 34.5 Å². The number of hydrogen-bond acceptors (Lipinski definition) is 5. The Hall–Kier alpha value is -2.80. The molecular formula is C23H18Cl2N2O3S. The van der Waals surface area contributed by atoms with Crippen molar-refractivity contribution in [3.05, 3.63) is 86.6 Å². The van der Waals surface area contributed by atoms with Crippen LogP contribution in [0.15, 0.2) is 59.0 Å². The summed E-state index contributed by atoms with van der Waals surface area (Å²) in [6, 6.07) is 16.3. The number of rotatable bonds is 6. The van der Waals surface area contributed by atoms with Gasteiger partial charge in [-0.05, 0) is 38.1 Å². The predicted molar refractivity (Wildman–Crippen MR) is 124 cm³/mol. The number of halogens is 2. The maximum absolute atomic E-state index is 12.6. The molecule has 0 unspecified atom stereocenters. The largest absolute Gasteiger partial charge is 0.484 e. The number of nitrogens with zero attached hydrogens (tertiary/aromatic N) is 1. The highest BCUT2D eigenvalue weighted by Crippen LogP contribution is 2.31. The van der Waals surface area contributed by atoms with Crippen LogP contribution in [0.4, 0.5) is 5.13 Å². The Morgan fingerprint density at radius 1 is 1.10 bits per heavy atom. The molecule has 0 spiro atoms. The average molecular weight is 473 g/mol. The molecule has 0 bridgehead atoms. The lowest BCUT2D eigenvalue weighted by atomic mass is 10.1. The van der Waals surface area contributed by atoms with Crippen LogP contribution in [-0.2, 0) is 6.61 Å². The maximum Gasteiger partial charge on any atom is 0.293 e. The standard InChI is InChI=1S/C23H18Cl2N2O3S/c1-13-3-5-15(6-4-13)21-14(2)31-23(26-21)27-22(28)19-10-8-17(30-19)12-29-20-11-16(24)7-9-18(20)25/h3-11H,12H2,1-2H3,(H,26,27,28). The van der Waals surface area contributed by atoms with E-state index in [9.17, 15) is 4.79 Å². The molecule has 0 aliphatic carbocycles. The van der Waals surface area contributed by atoms with Crippen LogP contribution in [0.25, 0.3) is 11.3 Å². The van der Waals surface area contributed by atoms with Crippen LogP contribution in [0.2, 0.25) is 10.0 Å². The number of anilines is 1. The van der Waals surface area contributed by atoms with Gasteiger partial charge in [-0.15, -0.1) is 11.3 Å². The molecule has 158 valence electrons. The molecule has 1 amide bonds. The van der Waals surface area contributed by atoms with Crippen LogP contribution in [0, 0.1) is 13.8 Å². The van der Waals surface area contributed by atoms with Crippen molar-refractivity contribution >= 4 is 45.6 Å². The number of aryl methyl sites for hydroxylation is 2. The van der Waals surface area contributed by atoms with E-state index < -0.39 is 0 Å². The smallest absolute Gasteiger partial charge is 0.293 e. The zero-order chi connectivity index (χ0) is 22.0. The van der Waals surface area contributed by atoms with Crippen molar-refractivity contribution < 1.29 is 13.9 Å². The van der Waals surface area contributed by atoms with Crippen LogP contribution in [-0.4, -0.2) is 10.9 Å². The van der Waals surface area contributed by atoms with Gasteiger partial charge in [-0.1, -0.05) is 53.0 Å². The first-order chi connectivity index (χ1) is 14.9. The van der Waals surface area contributed by atoms with Crippen molar-refractivity contribution in [3.63, 3.8) is 0 Å². The summed E-state index contributed by atoms with van der Waals surface area (Å²) in [6.07, 6.45) is 0. The molecule has 0 saturated heterocycles. The fourth-order valence-corrected chi connectivity index (χ4v) is 4.07. The summed E-state index contributed by atoms with van der Waals surface area (Å²) in [6.45, 7) is 4.13. The van der Waals surface area contributed by atoms with Crippen molar-refractivity contribution in [2.75, 3.05) is 5.32 Å². The maximum atomic E-state index is 12.6. The van der Waals surface area contributed by atoms with Gasteiger partial charge >= 0.3 is 0 Å². The van der Waals surface area contributed by atoms with E-state index in [0.717, 1.165) is 16.1 Å². The minimum absolute atomic E-state index is 0.112. The predicted octanol–water partition coefficient (Wildman–Crippen LogP) is 7.16. The summed E-state index contributed by atoms with van der Waals surface area (Å²) >= 11 is 13.5. The van der Waals surface area contributed by atoms with Crippen molar-refractivity contribution in [3.8, 4) is 17.0 Å². The first-order valence-corrected chi connectivity index (χ1v) is 11.0. The molecule has 8 heteroatoms. The summed E-state index contributed by atoms with van der Waals surface area (Å²) < 4.78 is 11.2. The molecule has 4 rings (SSSR count). The van der Waals surface area contributed by atoms with Gasteiger partial charge in [0.05, 0.1) is 10.7 Å². The van der Waals surface area contributed by atoms with E-state index in [2.05, 4.69) is 10.3 Å². The number of amides is 1. The molecule has 2 heterocycles. The van der Waals surface area contributed by atoms with Crippen molar-refractivity contribution in [1.29, 1.82) is 0 Å². The van der Waals surface area contributed by atoms with Gasteiger partial charge in [0, 0.05) is 21.5 Å². The molecule has 0 aliphatic heterocycles. The Morgan fingerprint density at radius 2 is 1.87 bits per heavy atom. The number of benzene rings is 2. The molecule has 31 heavy (non-hydrogen) atoms. The molecule has 2 aromatic heterocycles. The van der Waals surface area contributed by atoms with E-state index in [4.69, 9.17) is 32.4 Å². The van der Waals surface area contributed by atoms with E-state index in [1.54, 1.807) is 30.3 Å². The third-order valence-electron chi connectivity index (χ3n) is 4.49. The van der Waals surface area contributed by atoms with E-state index in [1.807, 2.05) is 38.1 Å². The van der Waals surface area contributed by atoms with Gasteiger partial charge < -0.3 is 9.15 Å². The van der Waals surface area contributed by atoms with Crippen molar-refractivity contribution in [1.82, 2.24) is 4.98 Å². The van der Waals surface area contributed by atoms with Crippen LogP contribution < -0.4 is 10.1 Å². The van der Waals surface area contributed by atoms with Crippen LogP contribution in [0.3, 0.4) is 0 Å². The molecule has 2 aromatic carbocycles. The summed E-state index contributed by atoms with van der Waals surface area (Å²) in [4.78, 5) is 18.2. The topological polar surface area (TPSA) is 64.4 Å². The minimum atomic E-state index is -0.378. The zero-order valence-corrected chi connectivity index (χ0v) is 19.1. The Balaban J connectivity index is 1.42. The fraction of sp³-hybridized carbons (Fsp3) is 0.130. The molecule has 0 atom stereocenters. The Bertz CT molecular complexity index is 1230. The molecular weight excluding hydrogens is 455 g/mol. The molecule has 0 aliphatic rings. The van der Waals surface area contributed by atoms with Crippen molar-refractivity contribution in [2.45, 2.75) is 20.5 Å². The van der Waals surface area contributed by atoms with E-state index >= 15 is 0 Å². The molecule has 5 nitrogen and oxygen atoms in total. The number of hydrogen-bond donors (Lipinski definition) is 1. The summed E-state index contributed by atoms with van der Waals surface area (Å²) in [7, 11) is 0. The number of thiazole rings is 1. The summed E-state index contributed by atoms with van der Waals surface area (Å²) in [5.41, 5.74) is 3.05. The molecule has 4 aromatic rings. The normalized spacial score (nSPS) is 10.8. The number of carbonyl (C=O) groups excluding carboxylic acids is 1.